The van der Waals surface area contributed by atoms with Crippen LogP contribution in [0.25, 0.3) is 0 Å². The molecule has 0 heterocycles. The monoisotopic (exact) mass is 450 g/mol. The molecule has 162 valence electrons. The molecule has 30 heavy (non-hydrogen) atoms. The van der Waals surface area contributed by atoms with Crippen LogP contribution < -0.4 is 10.1 Å². The number of benzene rings is 2. The SMILES string of the molecule is CCNC(=O)C(CC)N(Cc1c(Cl)cccc1Cl)C(=O)COc1ccc(C)cc1C. The molecule has 0 saturated heterocycles. The molecule has 1 atom stereocenters. The zero-order chi connectivity index (χ0) is 22.3. The maximum atomic E-state index is 13.2. The Kier molecular flexibility index (Phi) is 9.00. The van der Waals surface area contributed by atoms with Gasteiger partial charge in [0, 0.05) is 28.7 Å². The normalized spacial score (nSPS) is 11.7. The topological polar surface area (TPSA) is 58.6 Å². The van der Waals surface area contributed by atoms with Crippen LogP contribution in [0, 0.1) is 13.8 Å². The number of nitrogens with zero attached hydrogens (tertiary/aromatic N) is 1. The van der Waals surface area contributed by atoms with Crippen molar-refractivity contribution < 1.29 is 14.3 Å². The average Bonchev–Trinajstić information content (AvgIpc) is 2.69. The van der Waals surface area contributed by atoms with Gasteiger partial charge < -0.3 is 15.0 Å². The third kappa shape index (κ3) is 6.13. The fourth-order valence-corrected chi connectivity index (χ4v) is 3.77. The lowest BCUT2D eigenvalue weighted by atomic mass is 10.1. The molecule has 2 aromatic rings. The predicted octanol–water partition coefficient (Wildman–Crippen LogP) is 4.93. The van der Waals surface area contributed by atoms with Crippen molar-refractivity contribution in [2.75, 3.05) is 13.2 Å². The lowest BCUT2D eigenvalue weighted by molar-refractivity contribution is -0.142. The van der Waals surface area contributed by atoms with Gasteiger partial charge in [-0.2, -0.15) is 0 Å². The van der Waals surface area contributed by atoms with Crippen LogP contribution in [0.5, 0.6) is 5.75 Å². The van der Waals surface area contributed by atoms with Crippen molar-refractivity contribution >= 4 is 35.0 Å². The van der Waals surface area contributed by atoms with Crippen LogP contribution in [0.2, 0.25) is 10.0 Å². The first-order valence-corrected chi connectivity index (χ1v) is 10.7. The van der Waals surface area contributed by atoms with Crippen molar-refractivity contribution in [3.63, 3.8) is 0 Å². The number of nitrogens with one attached hydrogen (secondary N) is 1. The summed E-state index contributed by atoms with van der Waals surface area (Å²) in [5.74, 6) is 0.0999. The molecule has 1 unspecified atom stereocenters. The smallest absolute Gasteiger partial charge is 0.261 e. The number of amides is 2. The summed E-state index contributed by atoms with van der Waals surface area (Å²) in [6.07, 6.45) is 0.448. The van der Waals surface area contributed by atoms with Gasteiger partial charge in [0.1, 0.15) is 11.8 Å². The van der Waals surface area contributed by atoms with Crippen molar-refractivity contribution in [2.45, 2.75) is 46.7 Å². The number of hydrogen-bond donors (Lipinski definition) is 1. The maximum Gasteiger partial charge on any atom is 0.261 e. The van der Waals surface area contributed by atoms with E-state index in [1.54, 1.807) is 18.2 Å². The lowest BCUT2D eigenvalue weighted by Crippen LogP contribution is -2.50. The van der Waals surface area contributed by atoms with Crippen LogP contribution in [-0.2, 0) is 16.1 Å². The largest absolute Gasteiger partial charge is 0.483 e. The fourth-order valence-electron chi connectivity index (χ4n) is 3.25. The molecular formula is C23H28Cl2N2O3. The van der Waals surface area contributed by atoms with Gasteiger partial charge in [0.25, 0.3) is 5.91 Å². The molecule has 2 amide bonds. The molecule has 5 nitrogen and oxygen atoms in total. The first kappa shape index (κ1) is 24.0. The van der Waals surface area contributed by atoms with E-state index in [0.717, 1.165) is 11.1 Å². The molecule has 0 radical (unpaired) electrons. The van der Waals surface area contributed by atoms with Crippen LogP contribution >= 0.6 is 23.2 Å². The first-order valence-electron chi connectivity index (χ1n) is 9.98. The van der Waals surface area contributed by atoms with E-state index in [0.29, 0.717) is 34.3 Å². The molecule has 0 aromatic heterocycles. The lowest BCUT2D eigenvalue weighted by Gasteiger charge is -2.31. The van der Waals surface area contributed by atoms with E-state index in [2.05, 4.69) is 5.32 Å². The molecule has 0 aliphatic rings. The Morgan fingerprint density at radius 1 is 1.10 bits per heavy atom. The Balaban J connectivity index is 2.28. The number of halogens is 2. The van der Waals surface area contributed by atoms with Gasteiger partial charge in [-0.05, 0) is 51.0 Å². The number of hydrogen-bond acceptors (Lipinski definition) is 3. The van der Waals surface area contributed by atoms with E-state index < -0.39 is 6.04 Å². The second kappa shape index (κ2) is 11.2. The van der Waals surface area contributed by atoms with Crippen LogP contribution in [0.4, 0.5) is 0 Å². The second-order valence-corrected chi connectivity index (χ2v) is 7.91. The van der Waals surface area contributed by atoms with E-state index in [9.17, 15) is 9.59 Å². The Bertz CT molecular complexity index is 882. The highest BCUT2D eigenvalue weighted by Crippen LogP contribution is 2.27. The minimum atomic E-state index is -0.660. The summed E-state index contributed by atoms with van der Waals surface area (Å²) in [4.78, 5) is 27.3. The van der Waals surface area contributed by atoms with Crippen molar-refractivity contribution in [3.8, 4) is 5.75 Å². The van der Waals surface area contributed by atoms with Crippen LogP contribution in [0.3, 0.4) is 0 Å². The minimum absolute atomic E-state index is 0.114. The zero-order valence-electron chi connectivity index (χ0n) is 17.8. The zero-order valence-corrected chi connectivity index (χ0v) is 19.3. The highest BCUT2D eigenvalue weighted by atomic mass is 35.5. The predicted molar refractivity (Wildman–Crippen MR) is 121 cm³/mol. The molecule has 0 aliphatic carbocycles. The molecule has 0 saturated carbocycles. The van der Waals surface area contributed by atoms with Crippen LogP contribution in [0.15, 0.2) is 36.4 Å². The molecular weight excluding hydrogens is 423 g/mol. The summed E-state index contributed by atoms with van der Waals surface area (Å²) in [6.45, 7) is 8.02. The van der Waals surface area contributed by atoms with E-state index >= 15 is 0 Å². The average molecular weight is 451 g/mol. The third-order valence-electron chi connectivity index (χ3n) is 4.81. The Morgan fingerprint density at radius 3 is 2.33 bits per heavy atom. The van der Waals surface area contributed by atoms with Gasteiger partial charge in [-0.3, -0.25) is 9.59 Å². The van der Waals surface area contributed by atoms with Gasteiger partial charge >= 0.3 is 0 Å². The van der Waals surface area contributed by atoms with Gasteiger partial charge in [-0.1, -0.05) is 53.9 Å². The number of rotatable bonds is 9. The molecule has 0 spiro atoms. The summed E-state index contributed by atoms with van der Waals surface area (Å²) < 4.78 is 5.78. The standard InChI is InChI=1S/C23H28Cl2N2O3/c1-5-20(23(29)26-6-2)27(13-17-18(24)8-7-9-19(17)25)22(28)14-30-21-11-10-15(3)12-16(21)4/h7-12,20H,5-6,13-14H2,1-4H3,(H,26,29). The van der Waals surface area contributed by atoms with Crippen molar-refractivity contribution in [1.82, 2.24) is 10.2 Å². The fraction of sp³-hybridized carbons (Fsp3) is 0.391. The maximum absolute atomic E-state index is 13.2. The molecule has 0 fully saturated rings. The minimum Gasteiger partial charge on any atom is -0.483 e. The van der Waals surface area contributed by atoms with E-state index in [1.807, 2.05) is 45.9 Å². The number of likely N-dealkylation sites (N-methyl/N-ethyl adjacent to an activating group) is 1. The molecule has 1 N–H and O–H groups in total. The Hall–Kier alpha value is -2.24. The summed E-state index contributed by atoms with van der Waals surface area (Å²) >= 11 is 12.6. The van der Waals surface area contributed by atoms with Crippen molar-refractivity contribution in [1.29, 1.82) is 0 Å². The number of aryl methyl sites for hydroxylation is 2. The van der Waals surface area contributed by atoms with Crippen LogP contribution in [0.1, 0.15) is 37.0 Å². The van der Waals surface area contributed by atoms with E-state index in [-0.39, 0.29) is 25.0 Å². The molecule has 2 aromatic carbocycles. The summed E-state index contributed by atoms with van der Waals surface area (Å²) in [5, 5.41) is 3.69. The van der Waals surface area contributed by atoms with Crippen molar-refractivity contribution in [3.05, 3.63) is 63.1 Å². The van der Waals surface area contributed by atoms with Crippen LogP contribution in [-0.4, -0.2) is 35.9 Å². The number of carbonyl (C=O) groups is 2. The summed E-state index contributed by atoms with van der Waals surface area (Å²) in [6, 6.07) is 10.3. The molecule has 7 heteroatoms. The Morgan fingerprint density at radius 2 is 1.77 bits per heavy atom. The second-order valence-electron chi connectivity index (χ2n) is 7.10. The third-order valence-corrected chi connectivity index (χ3v) is 5.52. The van der Waals surface area contributed by atoms with Gasteiger partial charge in [0.05, 0.1) is 0 Å². The van der Waals surface area contributed by atoms with Gasteiger partial charge in [0.2, 0.25) is 5.91 Å². The highest BCUT2D eigenvalue weighted by Gasteiger charge is 2.29. The number of carbonyl (C=O) groups excluding carboxylic acids is 2. The van der Waals surface area contributed by atoms with E-state index in [1.165, 1.54) is 4.90 Å². The van der Waals surface area contributed by atoms with Crippen molar-refractivity contribution in [2.24, 2.45) is 0 Å². The molecule has 2 rings (SSSR count). The van der Waals surface area contributed by atoms with E-state index in [4.69, 9.17) is 27.9 Å². The molecule has 0 bridgehead atoms. The van der Waals surface area contributed by atoms with Gasteiger partial charge in [-0.15, -0.1) is 0 Å². The highest BCUT2D eigenvalue weighted by molar-refractivity contribution is 6.36. The van der Waals surface area contributed by atoms with Gasteiger partial charge in [0.15, 0.2) is 6.61 Å². The molecule has 0 aliphatic heterocycles. The first-order chi connectivity index (χ1) is 14.3. The quantitative estimate of drug-likeness (QED) is 0.588. The number of ether oxygens (including phenoxy) is 1. The summed E-state index contributed by atoms with van der Waals surface area (Å²) in [5.41, 5.74) is 2.66. The Labute approximate surface area is 188 Å². The summed E-state index contributed by atoms with van der Waals surface area (Å²) in [7, 11) is 0. The van der Waals surface area contributed by atoms with Gasteiger partial charge in [-0.25, -0.2) is 0 Å².